The first kappa shape index (κ1) is 10.9. The van der Waals surface area contributed by atoms with Gasteiger partial charge in [0.25, 0.3) is 0 Å². The second kappa shape index (κ2) is 4.96. The smallest absolute Gasteiger partial charge is 0.250 e. The molecular formula is C11H13NO4. The molecule has 1 fully saturated rings. The van der Waals surface area contributed by atoms with Gasteiger partial charge >= 0.3 is 0 Å². The van der Waals surface area contributed by atoms with Gasteiger partial charge < -0.3 is 19.9 Å². The Labute approximate surface area is 93.0 Å². The van der Waals surface area contributed by atoms with E-state index in [1.54, 1.807) is 12.1 Å². The zero-order chi connectivity index (χ0) is 11.4. The van der Waals surface area contributed by atoms with Crippen molar-refractivity contribution in [2.45, 2.75) is 6.10 Å². The molecule has 0 saturated carbocycles. The first-order valence-electron chi connectivity index (χ1n) is 5.02. The van der Waals surface area contributed by atoms with E-state index in [-0.39, 0.29) is 24.4 Å². The van der Waals surface area contributed by atoms with Crippen LogP contribution in [0.4, 0.5) is 5.69 Å². The number of phenols is 1. The number of anilines is 1. The van der Waals surface area contributed by atoms with Crippen molar-refractivity contribution in [3.05, 3.63) is 24.3 Å². The van der Waals surface area contributed by atoms with Crippen LogP contribution < -0.4 is 5.32 Å². The molecular weight excluding hydrogens is 210 g/mol. The van der Waals surface area contributed by atoms with Crippen LogP contribution in [-0.4, -0.2) is 36.9 Å². The Morgan fingerprint density at radius 1 is 1.44 bits per heavy atom. The zero-order valence-corrected chi connectivity index (χ0v) is 8.68. The van der Waals surface area contributed by atoms with Gasteiger partial charge in [0.15, 0.2) is 0 Å². The molecule has 16 heavy (non-hydrogen) atoms. The Bertz CT molecular complexity index is 359. The summed E-state index contributed by atoms with van der Waals surface area (Å²) in [7, 11) is 0. The number of nitrogens with one attached hydrogen (secondary N) is 1. The quantitative estimate of drug-likeness (QED) is 0.739. The molecule has 0 aromatic heterocycles. The van der Waals surface area contributed by atoms with Gasteiger partial charge in [0.1, 0.15) is 18.5 Å². The fourth-order valence-corrected chi connectivity index (χ4v) is 1.25. The van der Waals surface area contributed by atoms with Gasteiger partial charge in [0, 0.05) is 5.69 Å². The van der Waals surface area contributed by atoms with Gasteiger partial charge in [-0.05, 0) is 24.3 Å². The van der Waals surface area contributed by atoms with Gasteiger partial charge in [-0.3, -0.25) is 4.79 Å². The fraction of sp³-hybridized carbons (Fsp3) is 0.364. The molecule has 5 nitrogen and oxygen atoms in total. The van der Waals surface area contributed by atoms with Crippen LogP contribution in [0.1, 0.15) is 0 Å². The summed E-state index contributed by atoms with van der Waals surface area (Å²) >= 11 is 0. The molecule has 0 spiro atoms. The average Bonchev–Trinajstić information content (AvgIpc) is 2.19. The SMILES string of the molecule is O=C(COC1COC1)Nc1ccc(O)cc1. The maximum atomic E-state index is 11.4. The summed E-state index contributed by atoms with van der Waals surface area (Å²) in [5, 5.41) is 11.7. The van der Waals surface area contributed by atoms with Crippen LogP contribution in [0.15, 0.2) is 24.3 Å². The summed E-state index contributed by atoms with van der Waals surface area (Å²) in [5.74, 6) is -0.0431. The first-order valence-corrected chi connectivity index (χ1v) is 5.02. The van der Waals surface area contributed by atoms with Crippen LogP contribution in [0.2, 0.25) is 0 Å². The van der Waals surface area contributed by atoms with Crippen molar-refractivity contribution < 1.29 is 19.4 Å². The standard InChI is InChI=1S/C11H13NO4/c13-9-3-1-8(2-4-9)12-11(14)7-16-10-5-15-6-10/h1-4,10,13H,5-7H2,(H,12,14). The van der Waals surface area contributed by atoms with E-state index in [0.29, 0.717) is 18.9 Å². The minimum atomic E-state index is -0.211. The number of aromatic hydroxyl groups is 1. The fourth-order valence-electron chi connectivity index (χ4n) is 1.25. The summed E-state index contributed by atoms with van der Waals surface area (Å²) in [6, 6.07) is 6.27. The molecule has 1 saturated heterocycles. The monoisotopic (exact) mass is 223 g/mol. The van der Waals surface area contributed by atoms with Crippen LogP contribution >= 0.6 is 0 Å². The molecule has 0 aliphatic carbocycles. The first-order chi connectivity index (χ1) is 7.74. The maximum absolute atomic E-state index is 11.4. The van der Waals surface area contributed by atoms with E-state index < -0.39 is 0 Å². The minimum absolute atomic E-state index is 0.0227. The molecule has 1 aliphatic heterocycles. The van der Waals surface area contributed by atoms with Gasteiger partial charge in [0.05, 0.1) is 13.2 Å². The molecule has 86 valence electrons. The van der Waals surface area contributed by atoms with Gasteiger partial charge in [-0.1, -0.05) is 0 Å². The lowest BCUT2D eigenvalue weighted by molar-refractivity contribution is -0.144. The van der Waals surface area contributed by atoms with Gasteiger partial charge in [-0.15, -0.1) is 0 Å². The van der Waals surface area contributed by atoms with E-state index in [4.69, 9.17) is 14.6 Å². The molecule has 0 unspecified atom stereocenters. The Hall–Kier alpha value is -1.59. The summed E-state index contributed by atoms with van der Waals surface area (Å²) in [6.45, 7) is 1.15. The van der Waals surface area contributed by atoms with Crippen molar-refractivity contribution in [1.29, 1.82) is 0 Å². The normalized spacial score (nSPS) is 15.5. The van der Waals surface area contributed by atoms with Crippen LogP contribution in [0.25, 0.3) is 0 Å². The molecule has 1 amide bonds. The van der Waals surface area contributed by atoms with E-state index in [2.05, 4.69) is 5.32 Å². The second-order valence-electron chi connectivity index (χ2n) is 3.57. The summed E-state index contributed by atoms with van der Waals surface area (Å²) in [4.78, 5) is 11.4. The molecule has 1 aromatic rings. The second-order valence-corrected chi connectivity index (χ2v) is 3.57. The van der Waals surface area contributed by atoms with Crippen LogP contribution in [0, 0.1) is 0 Å². The number of carbonyl (C=O) groups is 1. The lowest BCUT2D eigenvalue weighted by atomic mass is 10.3. The van der Waals surface area contributed by atoms with E-state index in [1.807, 2.05) is 0 Å². The molecule has 2 rings (SSSR count). The third-order valence-corrected chi connectivity index (χ3v) is 2.21. The number of hydrogen-bond donors (Lipinski definition) is 2. The molecule has 0 atom stereocenters. The number of carbonyl (C=O) groups excluding carboxylic acids is 1. The molecule has 0 bridgehead atoms. The highest BCUT2D eigenvalue weighted by Crippen LogP contribution is 2.13. The molecule has 1 aromatic carbocycles. The van der Waals surface area contributed by atoms with E-state index in [0.717, 1.165) is 0 Å². The highest BCUT2D eigenvalue weighted by molar-refractivity contribution is 5.91. The number of hydrogen-bond acceptors (Lipinski definition) is 4. The van der Waals surface area contributed by atoms with Gasteiger partial charge in [0.2, 0.25) is 5.91 Å². The van der Waals surface area contributed by atoms with Crippen molar-refractivity contribution in [3.8, 4) is 5.75 Å². The van der Waals surface area contributed by atoms with E-state index >= 15 is 0 Å². The van der Waals surface area contributed by atoms with Crippen LogP contribution in [0.5, 0.6) is 5.75 Å². The number of amides is 1. The highest BCUT2D eigenvalue weighted by atomic mass is 16.6. The third-order valence-electron chi connectivity index (χ3n) is 2.21. The van der Waals surface area contributed by atoms with Gasteiger partial charge in [-0.2, -0.15) is 0 Å². The van der Waals surface area contributed by atoms with Gasteiger partial charge in [-0.25, -0.2) is 0 Å². The predicted molar refractivity (Wildman–Crippen MR) is 57.3 cm³/mol. The Morgan fingerprint density at radius 2 is 2.12 bits per heavy atom. The lowest BCUT2D eigenvalue weighted by Gasteiger charge is -2.25. The highest BCUT2D eigenvalue weighted by Gasteiger charge is 2.19. The predicted octanol–water partition coefficient (Wildman–Crippen LogP) is 0.746. The van der Waals surface area contributed by atoms with Crippen LogP contribution in [0.3, 0.4) is 0 Å². The lowest BCUT2D eigenvalue weighted by Crippen LogP contribution is -2.38. The minimum Gasteiger partial charge on any atom is -0.508 e. The Morgan fingerprint density at radius 3 is 2.69 bits per heavy atom. The van der Waals surface area contributed by atoms with E-state index in [1.165, 1.54) is 12.1 Å². The molecule has 0 radical (unpaired) electrons. The topological polar surface area (TPSA) is 67.8 Å². The number of phenolic OH excluding ortho intramolecular Hbond substituents is 1. The third kappa shape index (κ3) is 2.95. The molecule has 2 N–H and O–H groups in total. The van der Waals surface area contributed by atoms with Crippen LogP contribution in [-0.2, 0) is 14.3 Å². The van der Waals surface area contributed by atoms with Crippen molar-refractivity contribution in [2.24, 2.45) is 0 Å². The van der Waals surface area contributed by atoms with Crippen molar-refractivity contribution in [3.63, 3.8) is 0 Å². The number of benzene rings is 1. The Balaban J connectivity index is 1.75. The molecule has 1 heterocycles. The molecule has 5 heteroatoms. The average molecular weight is 223 g/mol. The summed E-state index contributed by atoms with van der Waals surface area (Å²) < 4.78 is 10.2. The molecule has 1 aliphatic rings. The Kier molecular flexibility index (Phi) is 3.38. The van der Waals surface area contributed by atoms with Crippen molar-refractivity contribution in [1.82, 2.24) is 0 Å². The maximum Gasteiger partial charge on any atom is 0.250 e. The van der Waals surface area contributed by atoms with Crippen molar-refractivity contribution in [2.75, 3.05) is 25.1 Å². The number of ether oxygens (including phenoxy) is 2. The largest absolute Gasteiger partial charge is 0.508 e. The van der Waals surface area contributed by atoms with Crippen molar-refractivity contribution >= 4 is 11.6 Å². The van der Waals surface area contributed by atoms with E-state index in [9.17, 15) is 4.79 Å². The number of rotatable bonds is 4. The zero-order valence-electron chi connectivity index (χ0n) is 8.68. The summed E-state index contributed by atoms with van der Waals surface area (Å²) in [5.41, 5.74) is 0.635. The summed E-state index contributed by atoms with van der Waals surface area (Å²) in [6.07, 6.45) is 0.0468.